The Kier molecular flexibility index (Phi) is 7.40. The van der Waals surface area contributed by atoms with Crippen LogP contribution in [0.4, 0.5) is 4.39 Å². The molecule has 2 heterocycles. The van der Waals surface area contributed by atoms with Gasteiger partial charge >= 0.3 is 0 Å². The highest BCUT2D eigenvalue weighted by Crippen LogP contribution is 2.28. The minimum absolute atomic E-state index is 0.0153. The van der Waals surface area contributed by atoms with Gasteiger partial charge in [0.05, 0.1) is 12.9 Å². The van der Waals surface area contributed by atoms with E-state index in [1.165, 1.54) is 23.9 Å². The van der Waals surface area contributed by atoms with Crippen LogP contribution < -0.4 is 4.74 Å². The first-order chi connectivity index (χ1) is 16.8. The predicted octanol–water partition coefficient (Wildman–Crippen LogP) is 6.13. The lowest BCUT2D eigenvalue weighted by Gasteiger charge is -2.13. The number of hydrogen-bond donors (Lipinski definition) is 0. The highest BCUT2D eigenvalue weighted by molar-refractivity contribution is 7.99. The number of carbonyl (C=O) groups is 1. The molecule has 6 nitrogen and oxygen atoms in total. The summed E-state index contributed by atoms with van der Waals surface area (Å²) in [6.07, 6.45) is 0. The van der Waals surface area contributed by atoms with Crippen molar-refractivity contribution in [2.75, 3.05) is 12.9 Å². The van der Waals surface area contributed by atoms with Crippen molar-refractivity contribution in [2.24, 2.45) is 5.92 Å². The van der Waals surface area contributed by atoms with Crippen LogP contribution in [0.15, 0.2) is 59.8 Å². The molecule has 0 fully saturated rings. The number of methoxy groups -OCH3 is 1. The van der Waals surface area contributed by atoms with Crippen LogP contribution in [0, 0.1) is 25.6 Å². The molecule has 0 atom stereocenters. The van der Waals surface area contributed by atoms with Crippen LogP contribution in [-0.4, -0.2) is 38.0 Å². The predicted molar refractivity (Wildman–Crippen MR) is 137 cm³/mol. The summed E-state index contributed by atoms with van der Waals surface area (Å²) in [5.74, 6) is 1.90. The Morgan fingerprint density at radius 2 is 1.74 bits per heavy atom. The molecule has 0 saturated carbocycles. The minimum Gasteiger partial charge on any atom is -0.497 e. The van der Waals surface area contributed by atoms with Crippen molar-refractivity contribution in [3.05, 3.63) is 77.4 Å². The van der Waals surface area contributed by atoms with Gasteiger partial charge in [-0.15, -0.1) is 10.2 Å². The number of thioether (sulfide) groups is 1. The lowest BCUT2D eigenvalue weighted by Crippen LogP contribution is -2.10. The first-order valence-corrected chi connectivity index (χ1v) is 12.5. The summed E-state index contributed by atoms with van der Waals surface area (Å²) in [6, 6.07) is 15.9. The number of carbonyl (C=O) groups excluding carboxylic acids is 1. The molecule has 182 valence electrons. The first kappa shape index (κ1) is 24.7. The third-order valence-corrected chi connectivity index (χ3v) is 6.73. The molecule has 0 aliphatic carbocycles. The van der Waals surface area contributed by atoms with Crippen molar-refractivity contribution >= 4 is 17.5 Å². The van der Waals surface area contributed by atoms with E-state index in [0.29, 0.717) is 16.6 Å². The summed E-state index contributed by atoms with van der Waals surface area (Å²) in [7, 11) is 1.64. The van der Waals surface area contributed by atoms with Gasteiger partial charge in [0.1, 0.15) is 11.6 Å². The second kappa shape index (κ2) is 10.5. The van der Waals surface area contributed by atoms with Crippen LogP contribution in [0.3, 0.4) is 0 Å². The molecule has 0 aliphatic heterocycles. The topological polar surface area (TPSA) is 61.9 Å². The zero-order valence-corrected chi connectivity index (χ0v) is 21.4. The van der Waals surface area contributed by atoms with Crippen molar-refractivity contribution < 1.29 is 13.9 Å². The van der Waals surface area contributed by atoms with Gasteiger partial charge in [-0.05, 0) is 74.4 Å². The third kappa shape index (κ3) is 5.32. The molecule has 35 heavy (non-hydrogen) atoms. The number of benzene rings is 2. The summed E-state index contributed by atoms with van der Waals surface area (Å²) in [4.78, 5) is 13.2. The van der Waals surface area contributed by atoms with Gasteiger partial charge in [0.15, 0.2) is 16.8 Å². The highest BCUT2D eigenvalue weighted by Gasteiger charge is 2.20. The van der Waals surface area contributed by atoms with E-state index in [2.05, 4.69) is 28.6 Å². The maximum absolute atomic E-state index is 13.4. The van der Waals surface area contributed by atoms with E-state index in [1.807, 2.05) is 48.7 Å². The molecule has 0 N–H and O–H groups in total. The lowest BCUT2D eigenvalue weighted by atomic mass is 10.2. The summed E-state index contributed by atoms with van der Waals surface area (Å²) in [5.41, 5.74) is 4.19. The van der Waals surface area contributed by atoms with E-state index >= 15 is 0 Å². The number of aromatic nitrogens is 4. The number of hydrogen-bond acceptors (Lipinski definition) is 5. The molecular weight excluding hydrogens is 463 g/mol. The number of aryl methyl sites for hydroxylation is 1. The molecule has 8 heteroatoms. The summed E-state index contributed by atoms with van der Waals surface area (Å²) in [6.45, 7) is 8.88. The molecule has 0 saturated heterocycles. The first-order valence-electron chi connectivity index (χ1n) is 11.5. The molecule has 2 aromatic heterocycles. The van der Waals surface area contributed by atoms with Crippen molar-refractivity contribution in [3.8, 4) is 22.8 Å². The van der Waals surface area contributed by atoms with Crippen molar-refractivity contribution in [2.45, 2.75) is 39.4 Å². The molecule has 0 radical (unpaired) electrons. The van der Waals surface area contributed by atoms with Gasteiger partial charge in [0.25, 0.3) is 0 Å². The Labute approximate surface area is 209 Å². The third-order valence-electron chi connectivity index (χ3n) is 5.76. The van der Waals surface area contributed by atoms with Gasteiger partial charge < -0.3 is 13.9 Å². The van der Waals surface area contributed by atoms with Crippen LogP contribution in [0.25, 0.3) is 17.1 Å². The smallest absolute Gasteiger partial charge is 0.191 e. The molecule has 4 aromatic rings. The zero-order valence-electron chi connectivity index (χ0n) is 20.6. The fraction of sp³-hybridized carbons (Fsp3) is 0.296. The van der Waals surface area contributed by atoms with Crippen molar-refractivity contribution in [1.29, 1.82) is 0 Å². The van der Waals surface area contributed by atoms with Crippen molar-refractivity contribution in [1.82, 2.24) is 19.3 Å². The molecule has 2 aromatic carbocycles. The van der Waals surface area contributed by atoms with E-state index in [0.717, 1.165) is 40.8 Å². The van der Waals surface area contributed by atoms with Crippen molar-refractivity contribution in [3.63, 3.8) is 0 Å². The van der Waals surface area contributed by atoms with E-state index in [1.54, 1.807) is 19.2 Å². The highest BCUT2D eigenvalue weighted by atomic mass is 32.2. The second-order valence-corrected chi connectivity index (χ2v) is 9.79. The minimum atomic E-state index is -0.288. The van der Waals surface area contributed by atoms with E-state index in [-0.39, 0.29) is 17.4 Å². The Morgan fingerprint density at radius 1 is 1.06 bits per heavy atom. The van der Waals surface area contributed by atoms with Gasteiger partial charge in [-0.2, -0.15) is 0 Å². The van der Waals surface area contributed by atoms with Crippen LogP contribution in [0.5, 0.6) is 5.75 Å². The van der Waals surface area contributed by atoms with Crippen LogP contribution in [0.2, 0.25) is 0 Å². The monoisotopic (exact) mass is 492 g/mol. The Morgan fingerprint density at radius 3 is 2.37 bits per heavy atom. The fourth-order valence-electron chi connectivity index (χ4n) is 4.12. The number of nitrogens with zero attached hydrogens (tertiary/aromatic N) is 4. The largest absolute Gasteiger partial charge is 0.497 e. The fourth-order valence-corrected chi connectivity index (χ4v) is 4.95. The second-order valence-electron chi connectivity index (χ2n) is 8.85. The molecule has 0 spiro atoms. The van der Waals surface area contributed by atoms with Gasteiger partial charge in [0.2, 0.25) is 0 Å². The van der Waals surface area contributed by atoms with Gasteiger partial charge in [-0.3, -0.25) is 4.79 Å². The maximum Gasteiger partial charge on any atom is 0.191 e. The molecule has 0 aliphatic rings. The molecule has 0 unspecified atom stereocenters. The Hall–Kier alpha value is -3.39. The average molecular weight is 493 g/mol. The van der Waals surface area contributed by atoms with Gasteiger partial charge in [-0.25, -0.2) is 4.39 Å². The zero-order chi connectivity index (χ0) is 25.1. The number of Topliss-reactive ketones (excluding diaryl/α,β-unsaturated/α-hetero) is 1. The Bertz CT molecular complexity index is 1320. The van der Waals surface area contributed by atoms with E-state index in [4.69, 9.17) is 4.74 Å². The molecule has 0 amide bonds. The van der Waals surface area contributed by atoms with E-state index in [9.17, 15) is 9.18 Å². The van der Waals surface area contributed by atoms with Crippen LogP contribution in [-0.2, 0) is 6.54 Å². The average Bonchev–Trinajstić information content (AvgIpc) is 3.37. The summed E-state index contributed by atoms with van der Waals surface area (Å²) >= 11 is 1.39. The lowest BCUT2D eigenvalue weighted by molar-refractivity contribution is 0.102. The normalized spacial score (nSPS) is 11.3. The quantitative estimate of drug-likeness (QED) is 0.208. The summed E-state index contributed by atoms with van der Waals surface area (Å²) in [5, 5.41) is 9.55. The standard InChI is InChI=1S/C27H29FN4O2S/c1-17(2)15-31-26(20-6-12-23(34-5)13-7-20)29-30-27(31)35-16-25(33)24-14-18(3)32(19(24)4)22-10-8-21(28)9-11-22/h6-14,17H,15-16H2,1-5H3. The molecular formula is C27H29FN4O2S. The van der Waals surface area contributed by atoms with Gasteiger partial charge in [-0.1, -0.05) is 25.6 Å². The maximum atomic E-state index is 13.4. The Balaban J connectivity index is 1.56. The van der Waals surface area contributed by atoms with Crippen LogP contribution in [0.1, 0.15) is 35.6 Å². The molecule has 4 rings (SSSR count). The molecule has 0 bridgehead atoms. The number of ether oxygens (including phenoxy) is 1. The number of ketones is 1. The SMILES string of the molecule is COc1ccc(-c2nnc(SCC(=O)c3cc(C)n(-c4ccc(F)cc4)c3C)n2CC(C)C)cc1. The summed E-state index contributed by atoms with van der Waals surface area (Å²) < 4.78 is 22.7. The van der Waals surface area contributed by atoms with Crippen LogP contribution >= 0.6 is 11.8 Å². The number of halogens is 1. The van der Waals surface area contributed by atoms with Gasteiger partial charge in [0, 0.05) is 34.7 Å². The number of rotatable bonds is 9. The van der Waals surface area contributed by atoms with E-state index < -0.39 is 0 Å².